The normalized spacial score (nSPS) is 17.2. The van der Waals surface area contributed by atoms with Crippen LogP contribution in [0.1, 0.15) is 17.2 Å². The summed E-state index contributed by atoms with van der Waals surface area (Å²) >= 11 is 0. The Morgan fingerprint density at radius 2 is 1.83 bits per heavy atom. The van der Waals surface area contributed by atoms with Crippen LogP contribution in [0.15, 0.2) is 18.2 Å². The minimum absolute atomic E-state index is 0.352. The van der Waals surface area contributed by atoms with Gasteiger partial charge >= 0.3 is 12.1 Å². The van der Waals surface area contributed by atoms with Gasteiger partial charge in [0.2, 0.25) is 0 Å². The summed E-state index contributed by atoms with van der Waals surface area (Å²) in [7, 11) is 0. The highest BCUT2D eigenvalue weighted by Gasteiger charge is 2.62. The molecule has 0 saturated heterocycles. The number of aliphatic hydroxyl groups is 1. The molecule has 0 aromatic heterocycles. The molecule has 0 spiro atoms. The second-order valence-electron chi connectivity index (χ2n) is 3.99. The number of halogens is 5. The average Bonchev–Trinajstić information content (AvgIpc) is 2.73. The first-order chi connectivity index (χ1) is 8.23. The molecule has 2 nitrogen and oxygen atoms in total. The highest BCUT2D eigenvalue weighted by molar-refractivity contribution is 5.41. The quantitative estimate of drug-likeness (QED) is 0.836. The van der Waals surface area contributed by atoms with Gasteiger partial charge in [0, 0.05) is 6.42 Å². The summed E-state index contributed by atoms with van der Waals surface area (Å²) in [6.07, 6.45) is -8.28. The maximum Gasteiger partial charge on any atom is 0.456 e. The molecule has 1 heterocycles. The van der Waals surface area contributed by atoms with Crippen LogP contribution in [0.25, 0.3) is 0 Å². The molecule has 0 radical (unpaired) electrons. The van der Waals surface area contributed by atoms with Crippen molar-refractivity contribution in [3.63, 3.8) is 0 Å². The standard InChI is InChI=1S/C11H9F5O2/c12-10(13,11(14,15)16)9(17)7-1-2-8-6(5-7)3-4-18-8/h1-2,5,9,17H,3-4H2. The van der Waals surface area contributed by atoms with Gasteiger partial charge in [-0.2, -0.15) is 22.0 Å². The molecule has 18 heavy (non-hydrogen) atoms. The van der Waals surface area contributed by atoms with E-state index in [0.717, 1.165) is 12.1 Å². The second kappa shape index (κ2) is 4.08. The lowest BCUT2D eigenvalue weighted by atomic mass is 10.00. The minimum Gasteiger partial charge on any atom is -0.493 e. The highest BCUT2D eigenvalue weighted by Crippen LogP contribution is 2.45. The van der Waals surface area contributed by atoms with Crippen LogP contribution in [0, 0.1) is 0 Å². The molecule has 0 amide bonds. The Labute approximate surface area is 99.0 Å². The van der Waals surface area contributed by atoms with Crippen LogP contribution in [0.5, 0.6) is 5.75 Å². The lowest BCUT2D eigenvalue weighted by Crippen LogP contribution is -2.42. The number of ether oxygens (including phenoxy) is 1. The molecule has 1 aromatic rings. The molecule has 7 heteroatoms. The van der Waals surface area contributed by atoms with Crippen LogP contribution in [0.2, 0.25) is 0 Å². The molecule has 0 aliphatic carbocycles. The van der Waals surface area contributed by atoms with Crippen LogP contribution >= 0.6 is 0 Å². The molecule has 100 valence electrons. The van der Waals surface area contributed by atoms with Crippen molar-refractivity contribution in [2.75, 3.05) is 6.61 Å². The number of rotatable bonds is 2. The topological polar surface area (TPSA) is 29.5 Å². The number of hydrogen-bond acceptors (Lipinski definition) is 2. The minimum atomic E-state index is -5.79. The lowest BCUT2D eigenvalue weighted by molar-refractivity contribution is -0.315. The fourth-order valence-electron chi connectivity index (χ4n) is 1.74. The van der Waals surface area contributed by atoms with E-state index in [-0.39, 0.29) is 0 Å². The number of aliphatic hydroxyl groups excluding tert-OH is 1. The average molecular weight is 268 g/mol. The van der Waals surface area contributed by atoms with E-state index in [1.807, 2.05) is 0 Å². The Morgan fingerprint density at radius 3 is 2.44 bits per heavy atom. The Bertz CT molecular complexity index is 455. The van der Waals surface area contributed by atoms with Crippen molar-refractivity contribution in [3.05, 3.63) is 29.3 Å². The molecule has 2 rings (SSSR count). The monoisotopic (exact) mass is 268 g/mol. The van der Waals surface area contributed by atoms with Crippen molar-refractivity contribution in [2.45, 2.75) is 24.6 Å². The first-order valence-electron chi connectivity index (χ1n) is 5.11. The van der Waals surface area contributed by atoms with Gasteiger partial charge in [0.15, 0.2) is 6.10 Å². The Balaban J connectivity index is 2.32. The summed E-state index contributed by atoms with van der Waals surface area (Å²) in [5, 5.41) is 9.20. The van der Waals surface area contributed by atoms with Crippen molar-refractivity contribution in [1.82, 2.24) is 0 Å². The summed E-state index contributed by atoms with van der Waals surface area (Å²) < 4.78 is 67.3. The molecular weight excluding hydrogens is 259 g/mol. The molecule has 1 aromatic carbocycles. The second-order valence-corrected chi connectivity index (χ2v) is 3.99. The summed E-state index contributed by atoms with van der Waals surface area (Å²) in [4.78, 5) is 0. The maximum absolute atomic E-state index is 13.0. The van der Waals surface area contributed by atoms with E-state index in [2.05, 4.69) is 0 Å². The first-order valence-corrected chi connectivity index (χ1v) is 5.11. The maximum atomic E-state index is 13.0. The van der Waals surface area contributed by atoms with Gasteiger partial charge in [0.1, 0.15) is 5.75 Å². The zero-order chi connectivity index (χ0) is 13.6. The van der Waals surface area contributed by atoms with Crippen LogP contribution in [0.3, 0.4) is 0 Å². The smallest absolute Gasteiger partial charge is 0.456 e. The van der Waals surface area contributed by atoms with Gasteiger partial charge in [-0.1, -0.05) is 6.07 Å². The van der Waals surface area contributed by atoms with E-state index in [0.29, 0.717) is 24.3 Å². The van der Waals surface area contributed by atoms with Crippen LogP contribution in [0.4, 0.5) is 22.0 Å². The van der Waals surface area contributed by atoms with E-state index in [1.54, 1.807) is 0 Å². The van der Waals surface area contributed by atoms with Gasteiger partial charge in [0.05, 0.1) is 6.61 Å². The number of alkyl halides is 5. The van der Waals surface area contributed by atoms with Crippen molar-refractivity contribution in [1.29, 1.82) is 0 Å². The van der Waals surface area contributed by atoms with E-state index >= 15 is 0 Å². The molecule has 1 N–H and O–H groups in total. The molecule has 1 aliphatic rings. The van der Waals surface area contributed by atoms with Crippen LogP contribution in [-0.2, 0) is 6.42 Å². The third-order valence-corrected chi connectivity index (χ3v) is 2.75. The predicted molar refractivity (Wildman–Crippen MR) is 51.6 cm³/mol. The van der Waals surface area contributed by atoms with Gasteiger partial charge in [-0.05, 0) is 23.3 Å². The molecule has 1 unspecified atom stereocenters. The summed E-state index contributed by atoms with van der Waals surface area (Å²) in [6.45, 7) is 0.352. The zero-order valence-corrected chi connectivity index (χ0v) is 8.97. The number of hydrogen-bond donors (Lipinski definition) is 1. The lowest BCUT2D eigenvalue weighted by Gasteiger charge is -2.25. The van der Waals surface area contributed by atoms with E-state index in [4.69, 9.17) is 4.74 Å². The van der Waals surface area contributed by atoms with Gasteiger partial charge in [-0.15, -0.1) is 0 Å². The third kappa shape index (κ3) is 2.03. The number of fused-ring (bicyclic) bond motifs is 1. The third-order valence-electron chi connectivity index (χ3n) is 2.75. The van der Waals surface area contributed by atoms with Gasteiger partial charge in [-0.25, -0.2) is 0 Å². The highest BCUT2D eigenvalue weighted by atomic mass is 19.4. The van der Waals surface area contributed by atoms with E-state index < -0.39 is 23.8 Å². The predicted octanol–water partition coefficient (Wildman–Crippen LogP) is 2.85. The number of benzene rings is 1. The molecular formula is C11H9F5O2. The fourth-order valence-corrected chi connectivity index (χ4v) is 1.74. The molecule has 0 bridgehead atoms. The summed E-state index contributed by atoms with van der Waals surface area (Å²) in [5.41, 5.74) is 0.0473. The summed E-state index contributed by atoms with van der Waals surface area (Å²) in [6, 6.07) is 3.41. The van der Waals surface area contributed by atoms with Crippen molar-refractivity contribution in [3.8, 4) is 5.75 Å². The Kier molecular flexibility index (Phi) is 2.96. The SMILES string of the molecule is OC(c1ccc2c(c1)CCO2)C(F)(F)C(F)(F)F. The summed E-state index contributed by atoms with van der Waals surface area (Å²) in [5.74, 6) is -4.73. The first kappa shape index (κ1) is 13.1. The Hall–Kier alpha value is -1.37. The van der Waals surface area contributed by atoms with Gasteiger partial charge < -0.3 is 9.84 Å². The molecule has 1 aliphatic heterocycles. The molecule has 1 atom stereocenters. The molecule has 0 saturated carbocycles. The van der Waals surface area contributed by atoms with Crippen molar-refractivity contribution >= 4 is 0 Å². The van der Waals surface area contributed by atoms with Gasteiger partial charge in [0.25, 0.3) is 0 Å². The largest absolute Gasteiger partial charge is 0.493 e. The van der Waals surface area contributed by atoms with Crippen LogP contribution in [-0.4, -0.2) is 23.8 Å². The molecule has 0 fully saturated rings. The van der Waals surface area contributed by atoms with Gasteiger partial charge in [-0.3, -0.25) is 0 Å². The van der Waals surface area contributed by atoms with Crippen molar-refractivity contribution in [2.24, 2.45) is 0 Å². The van der Waals surface area contributed by atoms with E-state index in [9.17, 15) is 27.1 Å². The van der Waals surface area contributed by atoms with Crippen molar-refractivity contribution < 1.29 is 31.8 Å². The zero-order valence-electron chi connectivity index (χ0n) is 8.97. The fraction of sp³-hybridized carbons (Fsp3) is 0.455. The van der Waals surface area contributed by atoms with Crippen LogP contribution < -0.4 is 4.74 Å². The van der Waals surface area contributed by atoms with E-state index in [1.165, 1.54) is 6.07 Å². The Morgan fingerprint density at radius 1 is 1.17 bits per heavy atom.